The van der Waals surface area contributed by atoms with Crippen LogP contribution in [0.3, 0.4) is 0 Å². The molecule has 0 atom stereocenters. The van der Waals surface area contributed by atoms with Crippen LogP contribution in [0.1, 0.15) is 54.4 Å². The van der Waals surface area contributed by atoms with Crippen LogP contribution in [0.25, 0.3) is 0 Å². The Hall–Kier alpha value is -1.39. The number of hydrogen-bond acceptors (Lipinski definition) is 4. The van der Waals surface area contributed by atoms with Crippen molar-refractivity contribution in [1.82, 2.24) is 20.9 Å². The van der Waals surface area contributed by atoms with Crippen molar-refractivity contribution in [2.24, 2.45) is 4.99 Å². The smallest absolute Gasteiger partial charge is 0.251 e. The lowest BCUT2D eigenvalue weighted by Crippen LogP contribution is -2.39. The van der Waals surface area contributed by atoms with E-state index >= 15 is 0 Å². The number of carbonyl (C=O) groups excluding carboxylic acids is 1. The Labute approximate surface area is 204 Å². The molecule has 31 heavy (non-hydrogen) atoms. The van der Waals surface area contributed by atoms with Crippen LogP contribution in [0.2, 0.25) is 0 Å². The van der Waals surface area contributed by atoms with E-state index in [2.05, 4.69) is 20.9 Å². The van der Waals surface area contributed by atoms with Crippen LogP contribution in [-0.4, -0.2) is 70.3 Å². The summed E-state index contributed by atoms with van der Waals surface area (Å²) in [6, 6.07) is 7.67. The van der Waals surface area contributed by atoms with Crippen molar-refractivity contribution in [3.63, 3.8) is 0 Å². The molecule has 7 nitrogen and oxygen atoms in total. The SMILES string of the molecule is CN=C(NCCOC1CCCCCC1)NCc1cccc(C(=O)NCCN(C)C)c1.I. The van der Waals surface area contributed by atoms with E-state index in [1.165, 1.54) is 38.5 Å². The Kier molecular flexibility index (Phi) is 14.5. The third kappa shape index (κ3) is 11.7. The second kappa shape index (κ2) is 16.3. The van der Waals surface area contributed by atoms with Gasteiger partial charge in [-0.1, -0.05) is 37.8 Å². The molecule has 2 rings (SSSR count). The lowest BCUT2D eigenvalue weighted by molar-refractivity contribution is 0.0468. The largest absolute Gasteiger partial charge is 0.376 e. The lowest BCUT2D eigenvalue weighted by atomic mass is 10.1. The number of amides is 1. The van der Waals surface area contributed by atoms with E-state index in [9.17, 15) is 4.79 Å². The summed E-state index contributed by atoms with van der Waals surface area (Å²) in [5.41, 5.74) is 1.71. The monoisotopic (exact) mass is 545 g/mol. The number of nitrogens with one attached hydrogen (secondary N) is 3. The number of hydrogen-bond donors (Lipinski definition) is 3. The number of ether oxygens (including phenoxy) is 1. The van der Waals surface area contributed by atoms with Crippen LogP contribution in [-0.2, 0) is 11.3 Å². The summed E-state index contributed by atoms with van der Waals surface area (Å²) in [6.07, 6.45) is 8.04. The Morgan fingerprint density at radius 1 is 1.10 bits per heavy atom. The Morgan fingerprint density at radius 2 is 1.84 bits per heavy atom. The van der Waals surface area contributed by atoms with Crippen LogP contribution >= 0.6 is 24.0 Å². The quantitative estimate of drug-likeness (QED) is 0.139. The van der Waals surface area contributed by atoms with Gasteiger partial charge in [-0.3, -0.25) is 9.79 Å². The normalized spacial score (nSPS) is 15.2. The molecule has 0 radical (unpaired) electrons. The number of guanidine groups is 1. The molecule has 1 aromatic carbocycles. The summed E-state index contributed by atoms with van der Waals surface area (Å²) in [5.74, 6) is 0.692. The summed E-state index contributed by atoms with van der Waals surface area (Å²) >= 11 is 0. The molecule has 0 saturated heterocycles. The number of halogens is 1. The van der Waals surface area contributed by atoms with Gasteiger partial charge in [0.15, 0.2) is 5.96 Å². The fraction of sp³-hybridized carbons (Fsp3) is 0.652. The van der Waals surface area contributed by atoms with E-state index in [1.54, 1.807) is 7.05 Å². The van der Waals surface area contributed by atoms with Crippen LogP contribution in [0.5, 0.6) is 0 Å². The highest BCUT2D eigenvalue weighted by atomic mass is 127. The number of carbonyl (C=O) groups is 1. The maximum Gasteiger partial charge on any atom is 0.251 e. The maximum atomic E-state index is 12.3. The molecule has 1 aliphatic rings. The molecule has 0 unspecified atom stereocenters. The maximum absolute atomic E-state index is 12.3. The molecule has 0 aliphatic heterocycles. The fourth-order valence-corrected chi connectivity index (χ4v) is 3.53. The first kappa shape index (κ1) is 27.6. The van der Waals surface area contributed by atoms with Crippen molar-refractivity contribution in [2.45, 2.75) is 51.2 Å². The summed E-state index contributed by atoms with van der Waals surface area (Å²) < 4.78 is 6.02. The van der Waals surface area contributed by atoms with Gasteiger partial charge in [0, 0.05) is 38.8 Å². The van der Waals surface area contributed by atoms with E-state index in [4.69, 9.17) is 4.74 Å². The van der Waals surface area contributed by atoms with Gasteiger partial charge in [0.1, 0.15) is 0 Å². The molecule has 0 bridgehead atoms. The topological polar surface area (TPSA) is 78.0 Å². The van der Waals surface area contributed by atoms with Crippen molar-refractivity contribution < 1.29 is 9.53 Å². The molecule has 0 heterocycles. The summed E-state index contributed by atoms with van der Waals surface area (Å²) in [7, 11) is 5.74. The van der Waals surface area contributed by atoms with Gasteiger partial charge in [0.25, 0.3) is 5.91 Å². The highest BCUT2D eigenvalue weighted by molar-refractivity contribution is 14.0. The third-order valence-electron chi connectivity index (χ3n) is 5.27. The van der Waals surface area contributed by atoms with E-state index < -0.39 is 0 Å². The second-order valence-corrected chi connectivity index (χ2v) is 8.10. The van der Waals surface area contributed by atoms with Gasteiger partial charge in [-0.2, -0.15) is 0 Å². The zero-order chi connectivity index (χ0) is 21.6. The van der Waals surface area contributed by atoms with E-state index in [1.807, 2.05) is 43.3 Å². The Morgan fingerprint density at radius 3 is 2.52 bits per heavy atom. The van der Waals surface area contributed by atoms with Gasteiger partial charge in [-0.25, -0.2) is 0 Å². The zero-order valence-corrected chi connectivity index (χ0v) is 21.6. The minimum atomic E-state index is -0.0446. The van der Waals surface area contributed by atoms with Gasteiger partial charge >= 0.3 is 0 Å². The van der Waals surface area contributed by atoms with E-state index in [0.717, 1.165) is 24.6 Å². The van der Waals surface area contributed by atoms with Crippen LogP contribution in [0.4, 0.5) is 0 Å². The first-order chi connectivity index (χ1) is 14.6. The Bertz CT molecular complexity index is 661. The molecule has 0 aromatic heterocycles. The zero-order valence-electron chi connectivity index (χ0n) is 19.3. The predicted molar refractivity (Wildman–Crippen MR) is 138 cm³/mol. The average molecular weight is 546 g/mol. The molecule has 3 N–H and O–H groups in total. The molecule has 1 aromatic rings. The highest BCUT2D eigenvalue weighted by Gasteiger charge is 2.12. The summed E-state index contributed by atoms with van der Waals surface area (Å²) in [4.78, 5) is 18.6. The number of likely N-dealkylation sites (N-methyl/N-ethyl adjacent to an activating group) is 1. The molecular weight excluding hydrogens is 505 g/mol. The molecule has 1 amide bonds. The van der Waals surface area contributed by atoms with E-state index in [-0.39, 0.29) is 29.9 Å². The summed E-state index contributed by atoms with van der Waals surface area (Å²) in [6.45, 7) is 3.47. The molecule has 8 heteroatoms. The van der Waals surface area contributed by atoms with Gasteiger partial charge in [-0.05, 0) is 44.6 Å². The first-order valence-electron chi connectivity index (χ1n) is 11.2. The third-order valence-corrected chi connectivity index (χ3v) is 5.27. The molecule has 1 aliphatic carbocycles. The van der Waals surface area contributed by atoms with Crippen molar-refractivity contribution >= 4 is 35.8 Å². The minimum Gasteiger partial charge on any atom is -0.376 e. The number of rotatable bonds is 10. The van der Waals surface area contributed by atoms with Crippen LogP contribution in [0, 0.1) is 0 Å². The number of aliphatic imine (C=N–C) groups is 1. The van der Waals surface area contributed by atoms with Crippen LogP contribution in [0.15, 0.2) is 29.3 Å². The standard InChI is InChI=1S/C23H39N5O2.HI/c1-24-23(26-14-16-30-21-11-6-4-5-7-12-21)27-18-19-9-8-10-20(17-19)22(29)25-13-15-28(2)3;/h8-10,17,21H,4-7,11-16,18H2,1-3H3,(H,25,29)(H2,24,26,27);1H. The van der Waals surface area contributed by atoms with Gasteiger partial charge in [-0.15, -0.1) is 24.0 Å². The van der Waals surface area contributed by atoms with Gasteiger partial charge < -0.3 is 25.6 Å². The highest BCUT2D eigenvalue weighted by Crippen LogP contribution is 2.19. The molecule has 176 valence electrons. The fourth-order valence-electron chi connectivity index (χ4n) is 3.53. The lowest BCUT2D eigenvalue weighted by Gasteiger charge is -2.17. The number of nitrogens with zero attached hydrogens (tertiary/aromatic N) is 2. The van der Waals surface area contributed by atoms with Gasteiger partial charge in [0.2, 0.25) is 0 Å². The molecule has 1 saturated carbocycles. The average Bonchev–Trinajstić information content (AvgIpc) is 3.02. The number of benzene rings is 1. The molecule has 0 spiro atoms. The second-order valence-electron chi connectivity index (χ2n) is 8.10. The van der Waals surface area contributed by atoms with Crippen LogP contribution < -0.4 is 16.0 Å². The van der Waals surface area contributed by atoms with Crippen molar-refractivity contribution in [3.05, 3.63) is 35.4 Å². The first-order valence-corrected chi connectivity index (χ1v) is 11.2. The molecular formula is C23H40IN5O2. The molecule has 1 fully saturated rings. The summed E-state index contributed by atoms with van der Waals surface area (Å²) in [5, 5.41) is 9.55. The van der Waals surface area contributed by atoms with E-state index in [0.29, 0.717) is 31.4 Å². The van der Waals surface area contributed by atoms with Crippen molar-refractivity contribution in [3.8, 4) is 0 Å². The van der Waals surface area contributed by atoms with Gasteiger partial charge in [0.05, 0.1) is 12.7 Å². The minimum absolute atomic E-state index is 0. The predicted octanol–water partition coefficient (Wildman–Crippen LogP) is 3.00. The van der Waals surface area contributed by atoms with Crippen molar-refractivity contribution in [1.29, 1.82) is 0 Å². The van der Waals surface area contributed by atoms with Crippen molar-refractivity contribution in [2.75, 3.05) is 47.4 Å². The Balaban J connectivity index is 0.00000480.